The Morgan fingerprint density at radius 2 is 1.64 bits per heavy atom. The predicted molar refractivity (Wildman–Crippen MR) is 205 cm³/mol. The number of carbonyl (C=O) groups excluding carboxylic acids is 4. The molecular weight excluding hydrogens is 800 g/mol. The van der Waals surface area contributed by atoms with Gasteiger partial charge >= 0.3 is 12.1 Å². The Morgan fingerprint density at radius 3 is 2.33 bits per heavy atom. The zero-order valence-corrected chi connectivity index (χ0v) is 32.0. The molecule has 11 nitrogen and oxygen atoms in total. The number of imide groups is 2. The van der Waals surface area contributed by atoms with Gasteiger partial charge in [-0.15, -0.1) is 0 Å². The fourth-order valence-electron chi connectivity index (χ4n) is 9.69. The number of phenolic OH excluding ortho intramolecular Hbond substituents is 1. The van der Waals surface area contributed by atoms with Crippen molar-refractivity contribution >= 4 is 69.4 Å². The van der Waals surface area contributed by atoms with E-state index < -0.39 is 75.5 Å². The number of fused-ring (bicyclic) bond motifs is 5. The lowest BCUT2D eigenvalue weighted by Gasteiger charge is -2.51. The third-order valence-electron chi connectivity index (χ3n) is 12.2. The van der Waals surface area contributed by atoms with Crippen LogP contribution in [0.25, 0.3) is 10.8 Å². The summed E-state index contributed by atoms with van der Waals surface area (Å²) in [5.41, 5.74) is 1.36. The van der Waals surface area contributed by atoms with Crippen molar-refractivity contribution in [3.63, 3.8) is 0 Å². The largest absolute Gasteiger partial charge is 0.507 e. The van der Waals surface area contributed by atoms with E-state index in [0.717, 1.165) is 5.01 Å². The highest BCUT2D eigenvalue weighted by molar-refractivity contribution is 6.33. The first-order chi connectivity index (χ1) is 27.6. The monoisotopic (exact) mass is 834 g/mol. The number of anilines is 1. The number of phenols is 1. The van der Waals surface area contributed by atoms with Crippen LogP contribution in [0.3, 0.4) is 0 Å². The lowest BCUT2D eigenvalue weighted by molar-refractivity contribution is -0.141. The number of likely N-dealkylation sites (tertiary alicyclic amines) is 1. The first kappa shape index (κ1) is 39.4. The van der Waals surface area contributed by atoms with Crippen molar-refractivity contribution < 1.29 is 47.4 Å². The number of pyridine rings is 1. The average Bonchev–Trinajstić information content (AvgIpc) is 3.56. The van der Waals surface area contributed by atoms with Gasteiger partial charge in [-0.1, -0.05) is 83.7 Å². The second-order valence-electron chi connectivity index (χ2n) is 15.2. The van der Waals surface area contributed by atoms with Gasteiger partial charge in [0.1, 0.15) is 5.75 Å². The molecule has 2 aliphatic carbocycles. The minimum atomic E-state index is -4.76. The first-order valence-electron chi connectivity index (χ1n) is 18.8. The summed E-state index contributed by atoms with van der Waals surface area (Å²) in [5.74, 6) is -8.12. The molecular formula is C42H35Cl2F3N4O7. The summed E-state index contributed by atoms with van der Waals surface area (Å²) in [6.45, 7) is 0.104. The van der Waals surface area contributed by atoms with Gasteiger partial charge in [0.15, 0.2) is 5.82 Å². The van der Waals surface area contributed by atoms with E-state index in [1.165, 1.54) is 11.0 Å². The number of hydrazine groups is 1. The number of nitrogens with zero attached hydrogens (tertiary/aromatic N) is 3. The molecule has 16 heteroatoms. The first-order valence-corrected chi connectivity index (χ1v) is 19.5. The summed E-state index contributed by atoms with van der Waals surface area (Å²) in [4.78, 5) is 74.8. The molecule has 3 fully saturated rings. The number of halogens is 5. The fourth-order valence-corrected chi connectivity index (χ4v) is 10.0. The van der Waals surface area contributed by atoms with E-state index in [0.29, 0.717) is 64.0 Å². The number of nitrogens with one attached hydrogen (secondary N) is 1. The smallest absolute Gasteiger partial charge is 0.417 e. The second kappa shape index (κ2) is 14.7. The average molecular weight is 836 g/mol. The maximum atomic E-state index is 15.5. The summed E-state index contributed by atoms with van der Waals surface area (Å²) in [7, 11) is 0. The number of benzene rings is 3. The minimum Gasteiger partial charge on any atom is -0.507 e. The normalized spacial score (nSPS) is 25.5. The molecule has 3 aromatic carbocycles. The summed E-state index contributed by atoms with van der Waals surface area (Å²) in [5, 5.41) is 21.7. The van der Waals surface area contributed by atoms with Crippen LogP contribution in [0, 0.1) is 23.7 Å². The van der Waals surface area contributed by atoms with E-state index in [2.05, 4.69) is 10.4 Å². The van der Waals surface area contributed by atoms with E-state index in [4.69, 9.17) is 28.3 Å². The lowest BCUT2D eigenvalue weighted by Crippen LogP contribution is -2.53. The maximum absolute atomic E-state index is 15.5. The summed E-state index contributed by atoms with van der Waals surface area (Å²) < 4.78 is 40.6. The fraction of sp³-hybridized carbons (Fsp3) is 0.333. The Bertz CT molecular complexity index is 2430. The summed E-state index contributed by atoms with van der Waals surface area (Å²) >= 11 is 12.7. The van der Waals surface area contributed by atoms with E-state index in [1.807, 2.05) is 6.08 Å². The number of carbonyl (C=O) groups is 5. The predicted octanol–water partition coefficient (Wildman–Crippen LogP) is 7.90. The van der Waals surface area contributed by atoms with Crippen LogP contribution in [0.5, 0.6) is 5.75 Å². The van der Waals surface area contributed by atoms with Crippen molar-refractivity contribution in [1.29, 1.82) is 0 Å². The highest BCUT2D eigenvalue weighted by Crippen LogP contribution is 2.65. The van der Waals surface area contributed by atoms with Crippen molar-refractivity contribution in [1.82, 2.24) is 14.9 Å². The number of unbranched alkanes of at least 4 members (excludes halogenated alkanes) is 2. The number of carboxylic acids is 1. The molecule has 0 spiro atoms. The zero-order valence-electron chi connectivity index (χ0n) is 30.5. The Morgan fingerprint density at radius 1 is 0.914 bits per heavy atom. The van der Waals surface area contributed by atoms with Crippen molar-refractivity contribution in [2.45, 2.75) is 56.0 Å². The van der Waals surface area contributed by atoms with E-state index in [9.17, 15) is 37.5 Å². The number of carboxylic acid groups (broad SMARTS) is 1. The molecule has 1 saturated carbocycles. The molecule has 4 aliphatic rings. The number of hydrogen-bond acceptors (Lipinski definition) is 8. The Balaban J connectivity index is 1.29. The summed E-state index contributed by atoms with van der Waals surface area (Å²) in [6.07, 6.45) is -0.979. The van der Waals surface area contributed by atoms with E-state index in [-0.39, 0.29) is 43.3 Å². The second-order valence-corrected chi connectivity index (χ2v) is 16.0. The topological polar surface area (TPSA) is 157 Å². The minimum absolute atomic E-state index is 0.0304. The number of aliphatic carboxylic acids is 1. The van der Waals surface area contributed by atoms with Gasteiger partial charge in [-0.05, 0) is 72.4 Å². The van der Waals surface area contributed by atoms with Crippen LogP contribution in [-0.2, 0) is 35.6 Å². The molecule has 300 valence electrons. The molecule has 2 saturated heterocycles. The van der Waals surface area contributed by atoms with Crippen LogP contribution >= 0.6 is 23.2 Å². The van der Waals surface area contributed by atoms with E-state index >= 15 is 4.79 Å². The van der Waals surface area contributed by atoms with Gasteiger partial charge < -0.3 is 10.2 Å². The van der Waals surface area contributed by atoms with Crippen LogP contribution in [0.1, 0.15) is 61.1 Å². The molecule has 8 rings (SSSR count). The Labute approximate surface area is 339 Å². The third-order valence-corrected chi connectivity index (χ3v) is 12.7. The Kier molecular flexibility index (Phi) is 9.99. The van der Waals surface area contributed by atoms with Gasteiger partial charge in [-0.2, -0.15) is 18.2 Å². The molecule has 4 amide bonds. The molecule has 6 atom stereocenters. The number of alkyl halides is 3. The van der Waals surface area contributed by atoms with Crippen LogP contribution in [-0.4, -0.2) is 61.2 Å². The van der Waals surface area contributed by atoms with Crippen molar-refractivity contribution in [3.8, 4) is 5.75 Å². The molecule has 6 unspecified atom stereocenters. The standard InChI is InChI=1S/C42H35Cl2F3N4O7/c43-23-11-9-21(10-12-23)41-30(38(56)51(40(41)58)49-36-31(44)18-22(20-48-36)42(45,46)47)19-29-27(35(41)26-15-16-32(52)25-7-4-3-6-24(25)26)13-14-28-34(29)39(57)50(37(28)55)17-5-1-2-8-33(53)54/h3-4,6-7,9-13,15-16,18,20,28-30,34-35,52H,1-2,5,8,14,17,19H2,(H,48,49)(H,53,54). The number of aromatic hydroxyl groups is 1. The molecule has 0 radical (unpaired) electrons. The van der Waals surface area contributed by atoms with Gasteiger partial charge in [0.05, 0.1) is 33.8 Å². The van der Waals surface area contributed by atoms with Gasteiger partial charge in [0.25, 0.3) is 11.8 Å². The number of amides is 4. The van der Waals surface area contributed by atoms with Crippen LogP contribution < -0.4 is 5.43 Å². The molecule has 3 N–H and O–H groups in total. The van der Waals surface area contributed by atoms with Gasteiger partial charge in [0, 0.05) is 35.5 Å². The van der Waals surface area contributed by atoms with Crippen molar-refractivity contribution in [2.24, 2.45) is 23.7 Å². The summed E-state index contributed by atoms with van der Waals surface area (Å²) in [6, 6.07) is 17.3. The van der Waals surface area contributed by atoms with E-state index in [1.54, 1.807) is 54.6 Å². The maximum Gasteiger partial charge on any atom is 0.417 e. The number of rotatable bonds is 10. The number of aromatic nitrogens is 1. The molecule has 4 aromatic rings. The lowest BCUT2D eigenvalue weighted by atomic mass is 9.49. The van der Waals surface area contributed by atoms with Crippen LogP contribution in [0.15, 0.2) is 84.6 Å². The van der Waals surface area contributed by atoms with Crippen LogP contribution in [0.4, 0.5) is 19.0 Å². The number of allylic oxidation sites excluding steroid dienone is 2. The highest BCUT2D eigenvalue weighted by Gasteiger charge is 2.70. The molecule has 2 aliphatic heterocycles. The van der Waals surface area contributed by atoms with Gasteiger partial charge in [-0.25, -0.2) is 4.98 Å². The van der Waals surface area contributed by atoms with Crippen molar-refractivity contribution in [2.75, 3.05) is 12.0 Å². The molecule has 3 heterocycles. The molecule has 0 bridgehead atoms. The van der Waals surface area contributed by atoms with Gasteiger partial charge in [-0.3, -0.25) is 34.3 Å². The molecule has 58 heavy (non-hydrogen) atoms. The third kappa shape index (κ3) is 6.28. The SMILES string of the molecule is O=C(O)CCCCCN1C(=O)C2CC=C3C(CC4C(=O)N(Nc5ncc(C(F)(F)F)cc5Cl)C(=O)C4(c4ccc(Cl)cc4)C3c3ccc(O)c4ccccc34)C2C1=O. The quantitative estimate of drug-likeness (QED) is 0.0821. The van der Waals surface area contributed by atoms with Gasteiger partial charge in [0.2, 0.25) is 11.8 Å². The molecule has 1 aromatic heterocycles. The Hall–Kier alpha value is -5.47. The van der Waals surface area contributed by atoms with Crippen LogP contribution in [0.2, 0.25) is 10.0 Å². The van der Waals surface area contributed by atoms with Crippen molar-refractivity contribution in [3.05, 3.63) is 111 Å². The number of hydrogen-bond donors (Lipinski definition) is 3. The zero-order chi connectivity index (χ0) is 41.3. The highest BCUT2D eigenvalue weighted by atomic mass is 35.5.